The van der Waals surface area contributed by atoms with E-state index < -0.39 is 0 Å². The lowest BCUT2D eigenvalue weighted by molar-refractivity contribution is 0.867. The van der Waals surface area contributed by atoms with E-state index in [2.05, 4.69) is 63.7 Å². The largest absolute Gasteiger partial charge is 0.350 e. The second-order valence-corrected chi connectivity index (χ2v) is 6.33. The number of aromatic nitrogens is 3. The average Bonchev–Trinajstić information content (AvgIpc) is 2.61. The average molecular weight is 333 g/mol. The van der Waals surface area contributed by atoms with Crippen LogP contribution in [0, 0.1) is 6.92 Å². The van der Waals surface area contributed by atoms with Crippen LogP contribution in [0.1, 0.15) is 36.6 Å². The molecule has 0 atom stereocenters. The van der Waals surface area contributed by atoms with Gasteiger partial charge in [-0.1, -0.05) is 26.0 Å². The summed E-state index contributed by atoms with van der Waals surface area (Å²) in [6, 6.07) is 14.3. The first-order valence-corrected chi connectivity index (χ1v) is 8.45. The fourth-order valence-corrected chi connectivity index (χ4v) is 2.49. The molecule has 0 saturated carbocycles. The molecule has 0 aliphatic heterocycles. The molecule has 2 N–H and O–H groups in total. The van der Waals surface area contributed by atoms with Crippen molar-refractivity contribution in [1.29, 1.82) is 0 Å². The Morgan fingerprint density at radius 3 is 2.36 bits per heavy atom. The van der Waals surface area contributed by atoms with E-state index in [1.54, 1.807) is 12.4 Å². The summed E-state index contributed by atoms with van der Waals surface area (Å²) >= 11 is 0. The van der Waals surface area contributed by atoms with Gasteiger partial charge in [0, 0.05) is 36.4 Å². The van der Waals surface area contributed by atoms with Gasteiger partial charge in [0.2, 0.25) is 5.95 Å². The molecule has 1 aromatic carbocycles. The molecule has 3 rings (SSSR count). The second kappa shape index (κ2) is 7.75. The van der Waals surface area contributed by atoms with Crippen molar-refractivity contribution in [3.63, 3.8) is 0 Å². The van der Waals surface area contributed by atoms with E-state index >= 15 is 0 Å². The highest BCUT2D eigenvalue weighted by molar-refractivity contribution is 5.58. The highest BCUT2D eigenvalue weighted by atomic mass is 15.1. The standard InChI is InChI=1S/C20H23N5/c1-14(2)17-4-6-18(7-5-17)24-19-12-15(3)23-20(25-19)22-13-16-8-10-21-11-9-16/h4-12,14H,13H2,1-3H3,(H2,22,23,24,25). The summed E-state index contributed by atoms with van der Waals surface area (Å²) in [5, 5.41) is 6.61. The van der Waals surface area contributed by atoms with Crippen molar-refractivity contribution >= 4 is 17.5 Å². The van der Waals surface area contributed by atoms with Gasteiger partial charge in [0.15, 0.2) is 0 Å². The minimum Gasteiger partial charge on any atom is -0.350 e. The lowest BCUT2D eigenvalue weighted by Crippen LogP contribution is -2.06. The van der Waals surface area contributed by atoms with Gasteiger partial charge in [-0.2, -0.15) is 4.98 Å². The van der Waals surface area contributed by atoms with Crippen molar-refractivity contribution in [2.75, 3.05) is 10.6 Å². The molecule has 3 aromatic rings. The number of nitrogens with one attached hydrogen (secondary N) is 2. The third-order valence-corrected chi connectivity index (χ3v) is 3.90. The Morgan fingerprint density at radius 1 is 0.960 bits per heavy atom. The summed E-state index contributed by atoms with van der Waals surface area (Å²) in [6.07, 6.45) is 3.56. The summed E-state index contributed by atoms with van der Waals surface area (Å²) in [5.74, 6) is 1.92. The smallest absolute Gasteiger partial charge is 0.225 e. The van der Waals surface area contributed by atoms with Gasteiger partial charge in [0.05, 0.1) is 0 Å². The third kappa shape index (κ3) is 4.76. The van der Waals surface area contributed by atoms with Gasteiger partial charge in [-0.05, 0) is 48.2 Å². The number of hydrogen-bond donors (Lipinski definition) is 2. The highest BCUT2D eigenvalue weighted by Gasteiger charge is 2.04. The number of anilines is 3. The Labute approximate surface area is 148 Å². The molecule has 2 aromatic heterocycles. The quantitative estimate of drug-likeness (QED) is 0.687. The molecule has 0 aliphatic rings. The zero-order valence-corrected chi connectivity index (χ0v) is 14.8. The Hall–Kier alpha value is -2.95. The fourth-order valence-electron chi connectivity index (χ4n) is 2.49. The molecule has 0 unspecified atom stereocenters. The normalized spacial score (nSPS) is 10.7. The van der Waals surface area contributed by atoms with E-state index in [1.165, 1.54) is 5.56 Å². The molecular formula is C20H23N5. The van der Waals surface area contributed by atoms with Crippen molar-refractivity contribution in [3.05, 3.63) is 71.7 Å². The molecule has 5 nitrogen and oxygen atoms in total. The number of hydrogen-bond acceptors (Lipinski definition) is 5. The maximum atomic E-state index is 4.55. The van der Waals surface area contributed by atoms with E-state index in [4.69, 9.17) is 0 Å². The number of aryl methyl sites for hydroxylation is 1. The monoisotopic (exact) mass is 333 g/mol. The van der Waals surface area contributed by atoms with Crippen LogP contribution < -0.4 is 10.6 Å². The van der Waals surface area contributed by atoms with Crippen LogP contribution in [0.5, 0.6) is 0 Å². The summed E-state index contributed by atoms with van der Waals surface area (Å²) < 4.78 is 0. The van der Waals surface area contributed by atoms with Gasteiger partial charge in [-0.25, -0.2) is 4.98 Å². The molecule has 128 valence electrons. The van der Waals surface area contributed by atoms with Crippen molar-refractivity contribution < 1.29 is 0 Å². The van der Waals surface area contributed by atoms with Gasteiger partial charge >= 0.3 is 0 Å². The van der Waals surface area contributed by atoms with Gasteiger partial charge in [0.1, 0.15) is 5.82 Å². The topological polar surface area (TPSA) is 62.7 Å². The molecule has 0 saturated heterocycles. The first kappa shape index (κ1) is 16.9. The Kier molecular flexibility index (Phi) is 5.23. The van der Waals surface area contributed by atoms with Crippen LogP contribution in [0.25, 0.3) is 0 Å². The molecule has 0 spiro atoms. The molecule has 0 aliphatic carbocycles. The third-order valence-electron chi connectivity index (χ3n) is 3.90. The zero-order chi connectivity index (χ0) is 17.6. The van der Waals surface area contributed by atoms with Crippen molar-refractivity contribution in [3.8, 4) is 0 Å². The van der Waals surface area contributed by atoms with Crippen LogP contribution >= 0.6 is 0 Å². The molecule has 2 heterocycles. The maximum absolute atomic E-state index is 4.55. The van der Waals surface area contributed by atoms with E-state index in [9.17, 15) is 0 Å². The SMILES string of the molecule is Cc1cc(Nc2ccc(C(C)C)cc2)nc(NCc2ccncc2)n1. The lowest BCUT2D eigenvalue weighted by Gasteiger charge is -2.11. The minimum atomic E-state index is 0.527. The minimum absolute atomic E-state index is 0.527. The highest BCUT2D eigenvalue weighted by Crippen LogP contribution is 2.20. The molecule has 0 amide bonds. The van der Waals surface area contributed by atoms with Gasteiger partial charge in [-0.3, -0.25) is 4.98 Å². The number of pyridine rings is 1. The second-order valence-electron chi connectivity index (χ2n) is 6.33. The molecule has 0 fully saturated rings. The van der Waals surface area contributed by atoms with E-state index in [0.717, 1.165) is 22.8 Å². The molecule has 25 heavy (non-hydrogen) atoms. The van der Waals surface area contributed by atoms with Crippen molar-refractivity contribution in [1.82, 2.24) is 15.0 Å². The summed E-state index contributed by atoms with van der Waals surface area (Å²) in [5.41, 5.74) is 4.39. The van der Waals surface area contributed by atoms with Gasteiger partial charge in [0.25, 0.3) is 0 Å². The summed E-state index contributed by atoms with van der Waals surface area (Å²) in [7, 11) is 0. The number of rotatable bonds is 6. The Balaban J connectivity index is 1.70. The number of benzene rings is 1. The predicted molar refractivity (Wildman–Crippen MR) is 102 cm³/mol. The fraction of sp³-hybridized carbons (Fsp3) is 0.250. The summed E-state index contributed by atoms with van der Waals surface area (Å²) in [4.78, 5) is 13.0. The first-order chi connectivity index (χ1) is 12.1. The van der Waals surface area contributed by atoms with Crippen molar-refractivity contribution in [2.24, 2.45) is 0 Å². The van der Waals surface area contributed by atoms with Crippen LogP contribution in [-0.2, 0) is 6.54 Å². The van der Waals surface area contributed by atoms with E-state index in [0.29, 0.717) is 18.4 Å². The predicted octanol–water partition coefficient (Wildman–Crippen LogP) is 4.66. The Morgan fingerprint density at radius 2 is 1.68 bits per heavy atom. The van der Waals surface area contributed by atoms with E-state index in [-0.39, 0.29) is 0 Å². The van der Waals surface area contributed by atoms with Crippen LogP contribution in [0.4, 0.5) is 17.5 Å². The van der Waals surface area contributed by atoms with Gasteiger partial charge in [-0.15, -0.1) is 0 Å². The van der Waals surface area contributed by atoms with Crippen LogP contribution in [0.2, 0.25) is 0 Å². The molecule has 0 bridgehead atoms. The molecular weight excluding hydrogens is 310 g/mol. The maximum Gasteiger partial charge on any atom is 0.225 e. The van der Waals surface area contributed by atoms with Crippen molar-refractivity contribution in [2.45, 2.75) is 33.2 Å². The van der Waals surface area contributed by atoms with Crippen LogP contribution in [-0.4, -0.2) is 15.0 Å². The zero-order valence-electron chi connectivity index (χ0n) is 14.8. The molecule has 5 heteroatoms. The van der Waals surface area contributed by atoms with Crippen LogP contribution in [0.15, 0.2) is 54.9 Å². The van der Waals surface area contributed by atoms with Gasteiger partial charge < -0.3 is 10.6 Å². The molecule has 0 radical (unpaired) electrons. The van der Waals surface area contributed by atoms with Crippen LogP contribution in [0.3, 0.4) is 0 Å². The summed E-state index contributed by atoms with van der Waals surface area (Å²) in [6.45, 7) is 7.01. The first-order valence-electron chi connectivity index (χ1n) is 8.45. The Bertz CT molecular complexity index is 813. The number of nitrogens with zero attached hydrogens (tertiary/aromatic N) is 3. The lowest BCUT2D eigenvalue weighted by atomic mass is 10.0. The van der Waals surface area contributed by atoms with E-state index in [1.807, 2.05) is 25.1 Å².